The largest absolute Gasteiger partial charge is 0.497 e. The smallest absolute Gasteiger partial charge is 0.303 e. The average Bonchev–Trinajstić information content (AvgIpc) is 3.28. The second-order valence-electron chi connectivity index (χ2n) is 9.19. The van der Waals surface area contributed by atoms with Crippen LogP contribution in [0.2, 0.25) is 4.34 Å². The van der Waals surface area contributed by atoms with Crippen molar-refractivity contribution in [3.63, 3.8) is 0 Å². The number of pyridine rings is 1. The third-order valence-electron chi connectivity index (χ3n) is 6.96. The summed E-state index contributed by atoms with van der Waals surface area (Å²) in [6.45, 7) is 3.12. The zero-order valence-electron chi connectivity index (χ0n) is 20.1. The molecule has 1 saturated heterocycles. The van der Waals surface area contributed by atoms with Gasteiger partial charge >= 0.3 is 5.97 Å². The Bertz CT molecular complexity index is 1120. The molecule has 1 aliphatic rings. The molecule has 35 heavy (non-hydrogen) atoms. The minimum atomic E-state index is -0.691. The number of thioether (sulfide) groups is 1. The summed E-state index contributed by atoms with van der Waals surface area (Å²) in [4.78, 5) is 18.3. The Balaban J connectivity index is 1.31. The molecule has 2 atom stereocenters. The Labute approximate surface area is 220 Å². The highest BCUT2D eigenvalue weighted by Crippen LogP contribution is 2.34. The van der Waals surface area contributed by atoms with Crippen molar-refractivity contribution in [2.24, 2.45) is 11.8 Å². The van der Waals surface area contributed by atoms with E-state index in [4.69, 9.17) is 16.3 Å². The normalized spacial score (nSPS) is 18.7. The third-order valence-corrected chi connectivity index (χ3v) is 9.40. The van der Waals surface area contributed by atoms with Crippen molar-refractivity contribution in [2.45, 2.75) is 42.7 Å². The van der Waals surface area contributed by atoms with Gasteiger partial charge in [0.25, 0.3) is 0 Å². The molecule has 1 N–H and O–H groups in total. The van der Waals surface area contributed by atoms with Gasteiger partial charge in [-0.3, -0.25) is 9.78 Å². The number of fused-ring (bicyclic) bond motifs is 1. The van der Waals surface area contributed by atoms with Crippen LogP contribution in [0.4, 0.5) is 0 Å². The second-order valence-corrected chi connectivity index (χ2v) is 12.3. The van der Waals surface area contributed by atoms with Crippen molar-refractivity contribution >= 4 is 51.6 Å². The summed E-state index contributed by atoms with van der Waals surface area (Å²) < 4.78 is 7.51. The molecule has 0 aliphatic carbocycles. The van der Waals surface area contributed by atoms with Gasteiger partial charge < -0.3 is 14.7 Å². The maximum absolute atomic E-state index is 11.3. The van der Waals surface area contributed by atoms with E-state index in [9.17, 15) is 9.90 Å². The number of aromatic nitrogens is 1. The van der Waals surface area contributed by atoms with Gasteiger partial charge in [-0.1, -0.05) is 11.6 Å². The van der Waals surface area contributed by atoms with Gasteiger partial charge in [-0.05, 0) is 92.4 Å². The van der Waals surface area contributed by atoms with E-state index in [1.165, 1.54) is 9.77 Å². The molecule has 4 rings (SSSR count). The highest BCUT2D eigenvalue weighted by molar-refractivity contribution is 8.01. The Morgan fingerprint density at radius 2 is 2.14 bits per heavy atom. The Hall–Kier alpha value is -1.80. The third kappa shape index (κ3) is 7.59. The highest BCUT2D eigenvalue weighted by Gasteiger charge is 2.29. The number of likely N-dealkylation sites (tertiary alicyclic amines) is 1. The maximum atomic E-state index is 11.3. The summed E-state index contributed by atoms with van der Waals surface area (Å²) in [5.41, 5.74) is 2.30. The van der Waals surface area contributed by atoms with E-state index in [0.717, 1.165) is 78.5 Å². The first-order chi connectivity index (χ1) is 17.0. The summed E-state index contributed by atoms with van der Waals surface area (Å²) in [6, 6.07) is 12.2. The van der Waals surface area contributed by atoms with E-state index in [2.05, 4.69) is 28.1 Å². The number of methoxy groups -OCH3 is 1. The molecule has 3 aromatic rings. The number of carboxylic acid groups (broad SMARTS) is 1. The minimum absolute atomic E-state index is 0.256. The summed E-state index contributed by atoms with van der Waals surface area (Å²) in [5, 5.41) is 10.5. The lowest BCUT2D eigenvalue weighted by molar-refractivity contribution is -0.137. The lowest BCUT2D eigenvalue weighted by atomic mass is 9.79. The SMILES string of the molecule is COc1ccc2nccc(CCC[C@@H]3CCN(CCSc4ccc(Cl)s4)C[C@@H]3CCC(=O)O)c2c1. The molecule has 0 spiro atoms. The number of halogens is 1. The molecule has 0 bridgehead atoms. The number of ether oxygens (including phenoxy) is 1. The lowest BCUT2D eigenvalue weighted by Gasteiger charge is -2.39. The van der Waals surface area contributed by atoms with Crippen LogP contribution in [0.1, 0.15) is 37.7 Å². The van der Waals surface area contributed by atoms with Gasteiger partial charge in [0.1, 0.15) is 5.75 Å². The number of aliphatic carboxylic acids is 1. The van der Waals surface area contributed by atoms with Crippen LogP contribution in [0.5, 0.6) is 5.75 Å². The fraction of sp³-hybridized carbons (Fsp3) is 0.481. The zero-order chi connectivity index (χ0) is 24.6. The Morgan fingerprint density at radius 1 is 1.26 bits per heavy atom. The molecule has 1 aliphatic heterocycles. The first-order valence-electron chi connectivity index (χ1n) is 12.3. The van der Waals surface area contributed by atoms with Crippen molar-refractivity contribution in [3.8, 4) is 5.75 Å². The van der Waals surface area contributed by atoms with E-state index in [0.29, 0.717) is 11.8 Å². The first-order valence-corrected chi connectivity index (χ1v) is 14.4. The predicted octanol–water partition coefficient (Wildman–Crippen LogP) is 6.88. The molecule has 0 unspecified atom stereocenters. The number of piperidine rings is 1. The fourth-order valence-electron chi connectivity index (χ4n) is 5.11. The van der Waals surface area contributed by atoms with Crippen LogP contribution in [-0.2, 0) is 11.2 Å². The number of carbonyl (C=O) groups is 1. The van der Waals surface area contributed by atoms with Gasteiger partial charge in [0.05, 0.1) is 21.2 Å². The Kier molecular flexibility index (Phi) is 9.72. The summed E-state index contributed by atoms with van der Waals surface area (Å²) in [6.07, 6.45) is 7.28. The monoisotopic (exact) mass is 532 g/mol. The van der Waals surface area contributed by atoms with Gasteiger partial charge in [-0.25, -0.2) is 0 Å². The van der Waals surface area contributed by atoms with Gasteiger partial charge in [0.15, 0.2) is 0 Å². The first kappa shape index (κ1) is 26.3. The number of hydrogen-bond donors (Lipinski definition) is 1. The summed E-state index contributed by atoms with van der Waals surface area (Å²) in [5.74, 6) is 2.22. The van der Waals surface area contributed by atoms with Crippen LogP contribution in [0, 0.1) is 11.8 Å². The van der Waals surface area contributed by atoms with Crippen molar-refractivity contribution in [1.29, 1.82) is 0 Å². The molecule has 0 amide bonds. The van der Waals surface area contributed by atoms with E-state index in [-0.39, 0.29) is 6.42 Å². The molecule has 2 aromatic heterocycles. The molecule has 1 fully saturated rings. The Morgan fingerprint density at radius 3 is 2.91 bits per heavy atom. The molecule has 188 valence electrons. The number of aryl methyl sites for hydroxylation is 1. The van der Waals surface area contributed by atoms with E-state index < -0.39 is 5.97 Å². The van der Waals surface area contributed by atoms with Crippen LogP contribution < -0.4 is 4.74 Å². The fourth-order valence-corrected chi connectivity index (χ4v) is 7.49. The standard InChI is InChI=1S/C27H33ClN2O3S2/c1-33-22-6-7-24-23(17-22)20(11-13-29-24)4-2-3-19-12-14-30(18-21(19)5-9-26(31)32)15-16-34-27-10-8-25(28)35-27/h6-8,10-11,13,17,19,21H,2-5,9,12,14-16,18H2,1H3,(H,31,32)/t19-,21+/m1/s1. The van der Waals surface area contributed by atoms with E-state index >= 15 is 0 Å². The van der Waals surface area contributed by atoms with Gasteiger partial charge in [0.2, 0.25) is 0 Å². The number of thiophene rings is 1. The lowest BCUT2D eigenvalue weighted by Crippen LogP contribution is -2.41. The minimum Gasteiger partial charge on any atom is -0.497 e. The van der Waals surface area contributed by atoms with E-state index in [1.54, 1.807) is 18.4 Å². The second kappa shape index (κ2) is 12.9. The van der Waals surface area contributed by atoms with Crippen LogP contribution >= 0.6 is 34.7 Å². The molecule has 8 heteroatoms. The number of benzene rings is 1. The van der Waals surface area contributed by atoms with Crippen LogP contribution in [0.15, 0.2) is 46.8 Å². The van der Waals surface area contributed by atoms with Crippen molar-refractivity contribution in [2.75, 3.05) is 32.5 Å². The number of rotatable bonds is 12. The van der Waals surface area contributed by atoms with Gasteiger partial charge in [-0.2, -0.15) is 0 Å². The van der Waals surface area contributed by atoms with Crippen LogP contribution in [0.3, 0.4) is 0 Å². The number of nitrogens with zero attached hydrogens (tertiary/aromatic N) is 2. The molecule has 1 aromatic carbocycles. The topological polar surface area (TPSA) is 62.7 Å². The zero-order valence-corrected chi connectivity index (χ0v) is 22.5. The number of hydrogen-bond acceptors (Lipinski definition) is 6. The molecule has 0 saturated carbocycles. The molecule has 3 heterocycles. The average molecular weight is 533 g/mol. The van der Waals surface area contributed by atoms with Crippen LogP contribution in [-0.4, -0.2) is 53.5 Å². The van der Waals surface area contributed by atoms with Crippen molar-refractivity contribution in [1.82, 2.24) is 9.88 Å². The van der Waals surface area contributed by atoms with Crippen LogP contribution in [0.25, 0.3) is 10.9 Å². The number of carboxylic acids is 1. The highest BCUT2D eigenvalue weighted by atomic mass is 35.5. The molecular formula is C27H33ClN2O3S2. The maximum Gasteiger partial charge on any atom is 0.303 e. The van der Waals surface area contributed by atoms with Gasteiger partial charge in [0, 0.05) is 36.8 Å². The quantitative estimate of drug-likeness (QED) is 0.257. The molecule has 5 nitrogen and oxygen atoms in total. The van der Waals surface area contributed by atoms with E-state index in [1.807, 2.05) is 36.2 Å². The summed E-state index contributed by atoms with van der Waals surface area (Å²) >= 11 is 9.53. The van der Waals surface area contributed by atoms with Crippen molar-refractivity contribution in [3.05, 3.63) is 52.5 Å². The van der Waals surface area contributed by atoms with Gasteiger partial charge in [-0.15, -0.1) is 23.1 Å². The molecular weight excluding hydrogens is 500 g/mol. The summed E-state index contributed by atoms with van der Waals surface area (Å²) in [7, 11) is 1.69. The molecule has 0 radical (unpaired) electrons. The predicted molar refractivity (Wildman–Crippen MR) is 146 cm³/mol. The van der Waals surface area contributed by atoms with Crippen molar-refractivity contribution < 1.29 is 14.6 Å².